The summed E-state index contributed by atoms with van der Waals surface area (Å²) in [6, 6.07) is 4.12. The highest BCUT2D eigenvalue weighted by atomic mass is 16.2. The first-order chi connectivity index (χ1) is 12.4. The highest BCUT2D eigenvalue weighted by Crippen LogP contribution is 2.29. The first-order valence-corrected chi connectivity index (χ1v) is 9.29. The van der Waals surface area contributed by atoms with Gasteiger partial charge < -0.3 is 9.80 Å². The molecule has 1 unspecified atom stereocenters. The van der Waals surface area contributed by atoms with Crippen LogP contribution in [0.1, 0.15) is 42.3 Å². The van der Waals surface area contributed by atoms with Gasteiger partial charge in [-0.2, -0.15) is 5.10 Å². The number of fused-ring (bicyclic) bond motifs is 1. The Bertz CT molecular complexity index is 866. The average molecular weight is 355 g/mol. The fourth-order valence-corrected chi connectivity index (χ4v) is 4.16. The minimum absolute atomic E-state index is 0.0716. The number of carbonyl (C=O) groups is 2. The smallest absolute Gasteiger partial charge is 0.227 e. The molecule has 2 amide bonds. The number of carbonyl (C=O) groups excluding carboxylic acids is 2. The molecule has 0 saturated carbocycles. The number of piperidine rings is 1. The zero-order valence-electron chi connectivity index (χ0n) is 15.6. The number of aromatic nitrogens is 3. The summed E-state index contributed by atoms with van der Waals surface area (Å²) in [7, 11) is 1.77. The van der Waals surface area contributed by atoms with Crippen molar-refractivity contribution in [2.45, 2.75) is 39.0 Å². The van der Waals surface area contributed by atoms with E-state index in [-0.39, 0.29) is 17.7 Å². The number of rotatable bonds is 2. The minimum Gasteiger partial charge on any atom is -0.345 e. The van der Waals surface area contributed by atoms with Crippen molar-refractivity contribution in [2.75, 3.05) is 26.7 Å². The van der Waals surface area contributed by atoms with Gasteiger partial charge in [0.05, 0.1) is 11.6 Å². The molecular formula is C19H25N5O2. The van der Waals surface area contributed by atoms with Crippen molar-refractivity contribution in [1.82, 2.24) is 24.4 Å². The van der Waals surface area contributed by atoms with Crippen molar-refractivity contribution in [1.29, 1.82) is 0 Å². The van der Waals surface area contributed by atoms with E-state index < -0.39 is 0 Å². The largest absolute Gasteiger partial charge is 0.345 e. The molecular weight excluding hydrogens is 330 g/mol. The topological polar surface area (TPSA) is 70.8 Å². The van der Waals surface area contributed by atoms with Gasteiger partial charge in [0.15, 0.2) is 5.65 Å². The summed E-state index contributed by atoms with van der Waals surface area (Å²) >= 11 is 0. The first-order valence-electron chi connectivity index (χ1n) is 9.29. The predicted molar refractivity (Wildman–Crippen MR) is 96.8 cm³/mol. The van der Waals surface area contributed by atoms with Crippen LogP contribution in [0.25, 0.3) is 5.65 Å². The third-order valence-electron chi connectivity index (χ3n) is 5.66. The van der Waals surface area contributed by atoms with Crippen LogP contribution in [0.5, 0.6) is 0 Å². The first kappa shape index (κ1) is 17.0. The van der Waals surface area contributed by atoms with E-state index in [0.29, 0.717) is 18.9 Å². The molecule has 2 aromatic rings. The van der Waals surface area contributed by atoms with Gasteiger partial charge in [0.25, 0.3) is 0 Å². The number of hydrogen-bond donors (Lipinski definition) is 0. The number of hydrogen-bond acceptors (Lipinski definition) is 4. The Morgan fingerprint density at radius 1 is 1.19 bits per heavy atom. The third-order valence-corrected chi connectivity index (χ3v) is 5.66. The maximum Gasteiger partial charge on any atom is 0.227 e. The van der Waals surface area contributed by atoms with Gasteiger partial charge in [0, 0.05) is 56.5 Å². The third kappa shape index (κ3) is 2.95. The Labute approximate surface area is 153 Å². The summed E-state index contributed by atoms with van der Waals surface area (Å²) in [6.45, 7) is 6.06. The Hall–Kier alpha value is -2.44. The van der Waals surface area contributed by atoms with E-state index >= 15 is 0 Å². The Balaban J connectivity index is 1.44. The van der Waals surface area contributed by atoms with E-state index in [1.807, 2.05) is 22.4 Å². The molecule has 2 saturated heterocycles. The molecule has 2 aromatic heterocycles. The van der Waals surface area contributed by atoms with Gasteiger partial charge in [-0.3, -0.25) is 9.59 Å². The molecule has 0 spiro atoms. The zero-order chi connectivity index (χ0) is 18.4. The van der Waals surface area contributed by atoms with Crippen LogP contribution in [0, 0.1) is 19.8 Å². The molecule has 2 aliphatic rings. The van der Waals surface area contributed by atoms with Crippen molar-refractivity contribution in [3.63, 3.8) is 0 Å². The molecule has 2 fully saturated rings. The number of amides is 2. The second kappa shape index (κ2) is 6.37. The lowest BCUT2D eigenvalue weighted by Crippen LogP contribution is -2.42. The highest BCUT2D eigenvalue weighted by molar-refractivity contribution is 5.89. The van der Waals surface area contributed by atoms with Crippen LogP contribution in [0.3, 0.4) is 0 Å². The molecule has 2 aliphatic heterocycles. The van der Waals surface area contributed by atoms with E-state index in [2.05, 4.69) is 18.1 Å². The van der Waals surface area contributed by atoms with Crippen molar-refractivity contribution in [3.8, 4) is 0 Å². The maximum absolute atomic E-state index is 12.7. The summed E-state index contributed by atoms with van der Waals surface area (Å²) in [5.41, 5.74) is 4.04. The number of aryl methyl sites for hydroxylation is 2. The molecule has 7 nitrogen and oxygen atoms in total. The standard InChI is InChI=1S/C19H25N5O2/c1-12-8-17-20-16(9-13(2)24(17)21-12)14-4-6-23(7-5-14)19(26)15-10-18(25)22(3)11-15/h8-9,14-15H,4-7,10-11H2,1-3H3. The SMILES string of the molecule is Cc1cc2nc(C3CCN(C(=O)C4CC(=O)N(C)C4)CC3)cc(C)n2n1. The summed E-state index contributed by atoms with van der Waals surface area (Å²) in [5.74, 6) is 0.399. The van der Waals surface area contributed by atoms with Crippen LogP contribution < -0.4 is 0 Å². The molecule has 0 bridgehead atoms. The molecule has 138 valence electrons. The van der Waals surface area contributed by atoms with E-state index in [1.54, 1.807) is 11.9 Å². The van der Waals surface area contributed by atoms with Crippen molar-refractivity contribution >= 4 is 17.5 Å². The van der Waals surface area contributed by atoms with Crippen LogP contribution in [0.4, 0.5) is 0 Å². The molecule has 0 aliphatic carbocycles. The Kier molecular flexibility index (Phi) is 4.17. The van der Waals surface area contributed by atoms with Crippen LogP contribution in [0.15, 0.2) is 12.1 Å². The van der Waals surface area contributed by atoms with Crippen LogP contribution in [0.2, 0.25) is 0 Å². The van der Waals surface area contributed by atoms with Gasteiger partial charge in [-0.15, -0.1) is 0 Å². The predicted octanol–water partition coefficient (Wildman–Crippen LogP) is 1.53. The van der Waals surface area contributed by atoms with Crippen LogP contribution in [-0.4, -0.2) is 62.9 Å². The summed E-state index contributed by atoms with van der Waals surface area (Å²) < 4.78 is 1.88. The average Bonchev–Trinajstić information content (AvgIpc) is 3.16. The van der Waals surface area contributed by atoms with Gasteiger partial charge in [0.2, 0.25) is 11.8 Å². The Morgan fingerprint density at radius 2 is 1.92 bits per heavy atom. The second-order valence-corrected chi connectivity index (χ2v) is 7.65. The van der Waals surface area contributed by atoms with Gasteiger partial charge in [0.1, 0.15) is 0 Å². The molecule has 7 heteroatoms. The molecule has 0 radical (unpaired) electrons. The molecule has 4 heterocycles. The zero-order valence-corrected chi connectivity index (χ0v) is 15.6. The van der Waals surface area contributed by atoms with Crippen molar-refractivity contribution in [3.05, 3.63) is 29.2 Å². The lowest BCUT2D eigenvalue weighted by molar-refractivity contribution is -0.136. The van der Waals surface area contributed by atoms with E-state index in [1.165, 1.54) is 0 Å². The highest BCUT2D eigenvalue weighted by Gasteiger charge is 2.36. The molecule has 0 N–H and O–H groups in total. The molecule has 1 atom stereocenters. The van der Waals surface area contributed by atoms with E-state index in [0.717, 1.165) is 48.7 Å². The molecule has 0 aromatic carbocycles. The number of nitrogens with zero attached hydrogens (tertiary/aromatic N) is 5. The van der Waals surface area contributed by atoms with Gasteiger partial charge in [-0.05, 0) is 32.8 Å². The lowest BCUT2D eigenvalue weighted by Gasteiger charge is -2.33. The molecule has 26 heavy (non-hydrogen) atoms. The monoisotopic (exact) mass is 355 g/mol. The van der Waals surface area contributed by atoms with E-state index in [4.69, 9.17) is 4.98 Å². The van der Waals surface area contributed by atoms with Crippen molar-refractivity contribution in [2.24, 2.45) is 5.92 Å². The lowest BCUT2D eigenvalue weighted by atomic mass is 9.92. The maximum atomic E-state index is 12.7. The van der Waals surface area contributed by atoms with Gasteiger partial charge in [-0.25, -0.2) is 9.50 Å². The Morgan fingerprint density at radius 3 is 2.58 bits per heavy atom. The minimum atomic E-state index is -0.171. The van der Waals surface area contributed by atoms with Crippen molar-refractivity contribution < 1.29 is 9.59 Å². The molecule has 4 rings (SSSR count). The van der Waals surface area contributed by atoms with Gasteiger partial charge >= 0.3 is 0 Å². The fraction of sp³-hybridized carbons (Fsp3) is 0.579. The summed E-state index contributed by atoms with van der Waals surface area (Å²) in [5, 5.41) is 4.46. The second-order valence-electron chi connectivity index (χ2n) is 7.65. The quantitative estimate of drug-likeness (QED) is 0.819. The summed E-state index contributed by atoms with van der Waals surface area (Å²) in [4.78, 5) is 32.8. The summed E-state index contributed by atoms with van der Waals surface area (Å²) in [6.07, 6.45) is 2.18. The van der Waals surface area contributed by atoms with Crippen LogP contribution >= 0.6 is 0 Å². The van der Waals surface area contributed by atoms with E-state index in [9.17, 15) is 9.59 Å². The number of likely N-dealkylation sites (tertiary alicyclic amines) is 2. The fourth-order valence-electron chi connectivity index (χ4n) is 4.16. The van der Waals surface area contributed by atoms with Crippen LogP contribution in [-0.2, 0) is 9.59 Å². The van der Waals surface area contributed by atoms with Gasteiger partial charge in [-0.1, -0.05) is 0 Å². The normalized spacial score (nSPS) is 21.8.